The van der Waals surface area contributed by atoms with Crippen LogP contribution in [-0.2, 0) is 28.6 Å². The Balaban J connectivity index is 4.43. The first-order valence-electron chi connectivity index (χ1n) is 26.8. The van der Waals surface area contributed by atoms with E-state index in [1.54, 1.807) is 6.08 Å². The molecule has 0 aromatic carbocycles. The van der Waals surface area contributed by atoms with Gasteiger partial charge in [0, 0.05) is 12.8 Å². The predicted octanol–water partition coefficient (Wildman–Crippen LogP) is 17.6. The van der Waals surface area contributed by atoms with Gasteiger partial charge in [-0.1, -0.05) is 261 Å². The molecule has 0 aliphatic carbocycles. The SMILES string of the molecule is CC/C=C\C/C=C\C/C=C\C/C=C\C/C=C\CC(=O)OC(COC(=O)CCCCCCCCCCCCCC)COC(=O)CCCCCCCCCCCCCCCCCCCC. The minimum absolute atomic E-state index is 0.101. The summed E-state index contributed by atoms with van der Waals surface area (Å²) in [4.78, 5) is 37.9. The van der Waals surface area contributed by atoms with E-state index in [4.69, 9.17) is 14.2 Å². The van der Waals surface area contributed by atoms with Crippen LogP contribution in [0.15, 0.2) is 60.8 Å². The van der Waals surface area contributed by atoms with Crippen LogP contribution in [0.1, 0.15) is 265 Å². The Hall–Kier alpha value is -2.89. The lowest BCUT2D eigenvalue weighted by Crippen LogP contribution is -2.30. The van der Waals surface area contributed by atoms with Gasteiger partial charge in [0.2, 0.25) is 0 Å². The Morgan fingerprint density at radius 2 is 0.603 bits per heavy atom. The second kappa shape index (κ2) is 51.7. The van der Waals surface area contributed by atoms with E-state index in [9.17, 15) is 14.4 Å². The van der Waals surface area contributed by atoms with E-state index in [0.29, 0.717) is 12.8 Å². The molecule has 0 spiro atoms. The van der Waals surface area contributed by atoms with Gasteiger partial charge in [0.25, 0.3) is 0 Å². The average molecular weight is 881 g/mol. The van der Waals surface area contributed by atoms with Crippen molar-refractivity contribution >= 4 is 17.9 Å². The van der Waals surface area contributed by atoms with Gasteiger partial charge < -0.3 is 14.2 Å². The van der Waals surface area contributed by atoms with Crippen molar-refractivity contribution < 1.29 is 28.6 Å². The number of hydrogen-bond donors (Lipinski definition) is 0. The number of rotatable bonds is 48. The van der Waals surface area contributed by atoms with Gasteiger partial charge in [0.05, 0.1) is 6.42 Å². The molecule has 0 amide bonds. The summed E-state index contributed by atoms with van der Waals surface area (Å²) in [5, 5.41) is 0. The molecular formula is C57H100O6. The van der Waals surface area contributed by atoms with Crippen LogP contribution in [-0.4, -0.2) is 37.2 Å². The van der Waals surface area contributed by atoms with Gasteiger partial charge in [-0.3, -0.25) is 14.4 Å². The predicted molar refractivity (Wildman–Crippen MR) is 270 cm³/mol. The van der Waals surface area contributed by atoms with E-state index in [1.807, 2.05) is 6.08 Å². The highest BCUT2D eigenvalue weighted by Gasteiger charge is 2.19. The maximum atomic E-state index is 12.7. The van der Waals surface area contributed by atoms with Gasteiger partial charge in [0.1, 0.15) is 13.2 Å². The zero-order chi connectivity index (χ0) is 45.8. The summed E-state index contributed by atoms with van der Waals surface area (Å²) in [5.74, 6) is -1.03. The van der Waals surface area contributed by atoms with E-state index >= 15 is 0 Å². The van der Waals surface area contributed by atoms with E-state index in [-0.39, 0.29) is 31.6 Å². The third-order valence-electron chi connectivity index (χ3n) is 11.6. The highest BCUT2D eigenvalue weighted by molar-refractivity contribution is 5.72. The minimum Gasteiger partial charge on any atom is -0.462 e. The fourth-order valence-corrected chi connectivity index (χ4v) is 7.58. The molecule has 63 heavy (non-hydrogen) atoms. The maximum Gasteiger partial charge on any atom is 0.310 e. The third kappa shape index (κ3) is 50.0. The molecule has 0 aromatic heterocycles. The van der Waals surface area contributed by atoms with Crippen molar-refractivity contribution in [1.82, 2.24) is 0 Å². The van der Waals surface area contributed by atoms with Gasteiger partial charge in [0.15, 0.2) is 6.10 Å². The molecular weight excluding hydrogens is 781 g/mol. The lowest BCUT2D eigenvalue weighted by molar-refractivity contribution is -0.166. The van der Waals surface area contributed by atoms with Gasteiger partial charge in [-0.2, -0.15) is 0 Å². The molecule has 0 aromatic rings. The summed E-state index contributed by atoms with van der Waals surface area (Å²) in [6, 6.07) is 0. The van der Waals surface area contributed by atoms with Crippen molar-refractivity contribution in [3.8, 4) is 0 Å². The van der Waals surface area contributed by atoms with E-state index in [2.05, 4.69) is 69.4 Å². The molecule has 0 radical (unpaired) electrons. The van der Waals surface area contributed by atoms with Gasteiger partial charge in [-0.05, 0) is 44.9 Å². The maximum absolute atomic E-state index is 12.7. The molecule has 0 aliphatic rings. The summed E-state index contributed by atoms with van der Waals surface area (Å²) in [6.07, 6.45) is 63.8. The molecule has 0 heterocycles. The second-order valence-electron chi connectivity index (χ2n) is 17.8. The summed E-state index contributed by atoms with van der Waals surface area (Å²) in [6.45, 7) is 6.46. The first kappa shape index (κ1) is 60.1. The Kier molecular flexibility index (Phi) is 49.4. The minimum atomic E-state index is -0.824. The molecule has 0 fully saturated rings. The molecule has 0 bridgehead atoms. The van der Waals surface area contributed by atoms with E-state index in [1.165, 1.54) is 154 Å². The lowest BCUT2D eigenvalue weighted by Gasteiger charge is -2.18. The summed E-state index contributed by atoms with van der Waals surface area (Å²) >= 11 is 0. The molecule has 0 rings (SSSR count). The van der Waals surface area contributed by atoms with Crippen molar-refractivity contribution in [1.29, 1.82) is 0 Å². The molecule has 1 atom stereocenters. The number of unbranched alkanes of at least 4 members (excludes halogenated alkanes) is 28. The molecule has 0 N–H and O–H groups in total. The second-order valence-corrected chi connectivity index (χ2v) is 17.8. The van der Waals surface area contributed by atoms with Gasteiger partial charge in [-0.25, -0.2) is 0 Å². The zero-order valence-corrected chi connectivity index (χ0v) is 41.6. The highest BCUT2D eigenvalue weighted by Crippen LogP contribution is 2.16. The average Bonchev–Trinajstić information content (AvgIpc) is 3.28. The number of carbonyl (C=O) groups excluding carboxylic acids is 3. The Morgan fingerprint density at radius 3 is 0.905 bits per heavy atom. The largest absolute Gasteiger partial charge is 0.462 e. The molecule has 6 nitrogen and oxygen atoms in total. The first-order valence-corrected chi connectivity index (χ1v) is 26.8. The number of ether oxygens (including phenoxy) is 3. The van der Waals surface area contributed by atoms with Gasteiger partial charge in [-0.15, -0.1) is 0 Å². The number of allylic oxidation sites excluding steroid dienone is 9. The molecule has 0 saturated carbocycles. The highest BCUT2D eigenvalue weighted by atomic mass is 16.6. The lowest BCUT2D eigenvalue weighted by atomic mass is 10.0. The number of carbonyl (C=O) groups is 3. The Labute approximate surface area is 390 Å². The Morgan fingerprint density at radius 1 is 0.333 bits per heavy atom. The van der Waals surface area contributed by atoms with Crippen molar-refractivity contribution in [3.63, 3.8) is 0 Å². The van der Waals surface area contributed by atoms with Crippen LogP contribution in [0.2, 0.25) is 0 Å². The smallest absolute Gasteiger partial charge is 0.310 e. The van der Waals surface area contributed by atoms with Crippen LogP contribution in [0, 0.1) is 0 Å². The van der Waals surface area contributed by atoms with Crippen LogP contribution in [0.4, 0.5) is 0 Å². The quantitative estimate of drug-likeness (QED) is 0.0262. The van der Waals surface area contributed by atoms with Crippen molar-refractivity contribution in [2.75, 3.05) is 13.2 Å². The fraction of sp³-hybridized carbons (Fsp3) is 0.772. The topological polar surface area (TPSA) is 78.9 Å². The monoisotopic (exact) mass is 881 g/mol. The molecule has 6 heteroatoms. The number of esters is 3. The fourth-order valence-electron chi connectivity index (χ4n) is 7.58. The number of hydrogen-bond acceptors (Lipinski definition) is 6. The molecule has 1 unspecified atom stereocenters. The molecule has 364 valence electrons. The standard InChI is InChI=1S/C57H100O6/c1-4-7-10-13-16-19-22-25-27-28-29-31-32-35-38-41-44-47-50-56(59)62-53-54(52-61-55(58)49-46-43-40-37-34-24-21-18-15-12-9-6-3)63-57(60)51-48-45-42-39-36-33-30-26-23-20-17-14-11-8-5-2/h8,11,17,20,26,30,36,39,45,48,54H,4-7,9-10,12-16,18-19,21-25,27-29,31-35,37-38,40-44,46-47,49-53H2,1-3H3/b11-8-,20-17-,30-26-,39-36-,48-45-. The van der Waals surface area contributed by atoms with Crippen molar-refractivity contribution in [3.05, 3.63) is 60.8 Å². The van der Waals surface area contributed by atoms with E-state index in [0.717, 1.165) is 70.6 Å². The summed E-state index contributed by atoms with van der Waals surface area (Å²) in [7, 11) is 0. The summed E-state index contributed by atoms with van der Waals surface area (Å²) < 4.78 is 16.7. The van der Waals surface area contributed by atoms with Crippen molar-refractivity contribution in [2.24, 2.45) is 0 Å². The summed E-state index contributed by atoms with van der Waals surface area (Å²) in [5.41, 5.74) is 0. The van der Waals surface area contributed by atoms with E-state index < -0.39 is 12.1 Å². The van der Waals surface area contributed by atoms with Gasteiger partial charge >= 0.3 is 17.9 Å². The zero-order valence-electron chi connectivity index (χ0n) is 41.6. The van der Waals surface area contributed by atoms with Crippen LogP contribution < -0.4 is 0 Å². The van der Waals surface area contributed by atoms with Crippen molar-refractivity contribution in [2.45, 2.75) is 271 Å². The van der Waals surface area contributed by atoms with Crippen LogP contribution in [0.5, 0.6) is 0 Å². The molecule has 0 saturated heterocycles. The normalized spacial score (nSPS) is 12.5. The van der Waals surface area contributed by atoms with Crippen LogP contribution in [0.25, 0.3) is 0 Å². The van der Waals surface area contributed by atoms with Crippen LogP contribution >= 0.6 is 0 Å². The third-order valence-corrected chi connectivity index (χ3v) is 11.6. The first-order chi connectivity index (χ1) is 31.0. The van der Waals surface area contributed by atoms with Crippen LogP contribution in [0.3, 0.4) is 0 Å². The molecule has 0 aliphatic heterocycles. The Bertz CT molecular complexity index is 1150.